The van der Waals surface area contributed by atoms with E-state index in [4.69, 9.17) is 5.73 Å². The second-order valence-electron chi connectivity index (χ2n) is 7.50. The Morgan fingerprint density at radius 2 is 1.82 bits per heavy atom. The molecular weight excluding hydrogens is 358 g/mol. The molecule has 3 rings (SSSR count). The van der Waals surface area contributed by atoms with Crippen LogP contribution in [0.1, 0.15) is 59.6 Å². The number of aromatic amines is 1. The number of rotatable bonds is 7. The van der Waals surface area contributed by atoms with Crippen molar-refractivity contribution in [2.24, 2.45) is 11.7 Å². The number of Topliss-reactive ketones (excluding diaryl/α,β-unsaturated/α-hetero) is 1. The van der Waals surface area contributed by atoms with Crippen molar-refractivity contribution in [3.8, 4) is 11.8 Å². The summed E-state index contributed by atoms with van der Waals surface area (Å²) in [5.41, 5.74) is 7.30. The van der Waals surface area contributed by atoms with Crippen LogP contribution in [0.5, 0.6) is 11.8 Å². The van der Waals surface area contributed by atoms with Gasteiger partial charge in [-0.1, -0.05) is 43.2 Å². The number of nitrogens with two attached hydrogens (primary N) is 1. The van der Waals surface area contributed by atoms with Gasteiger partial charge in [0.2, 0.25) is 11.8 Å². The van der Waals surface area contributed by atoms with E-state index in [9.17, 15) is 19.8 Å². The molecule has 150 valence electrons. The van der Waals surface area contributed by atoms with Gasteiger partial charge in [-0.2, -0.15) is 0 Å². The fourth-order valence-electron chi connectivity index (χ4n) is 3.96. The molecule has 0 aliphatic heterocycles. The summed E-state index contributed by atoms with van der Waals surface area (Å²) >= 11 is 0. The second-order valence-corrected chi connectivity index (χ2v) is 7.50. The number of carbonyl (C=O) groups is 2. The summed E-state index contributed by atoms with van der Waals surface area (Å²) in [4.78, 5) is 28.1. The summed E-state index contributed by atoms with van der Waals surface area (Å²) in [6.07, 6.45) is 3.72. The van der Waals surface area contributed by atoms with Crippen LogP contribution in [0.4, 0.5) is 0 Å². The van der Waals surface area contributed by atoms with Gasteiger partial charge in [-0.15, -0.1) is 0 Å². The number of ketones is 1. The van der Waals surface area contributed by atoms with E-state index >= 15 is 0 Å². The lowest BCUT2D eigenvalue weighted by atomic mass is 9.90. The van der Waals surface area contributed by atoms with Crippen molar-refractivity contribution in [1.29, 1.82) is 0 Å². The van der Waals surface area contributed by atoms with E-state index in [0.29, 0.717) is 0 Å². The molecule has 0 saturated heterocycles. The highest BCUT2D eigenvalue weighted by molar-refractivity contribution is 6.05. The van der Waals surface area contributed by atoms with Gasteiger partial charge < -0.3 is 21.3 Å². The molecule has 6 N–H and O–H groups in total. The van der Waals surface area contributed by atoms with Crippen LogP contribution in [0.2, 0.25) is 0 Å². The van der Waals surface area contributed by atoms with Crippen LogP contribution in [0.15, 0.2) is 30.3 Å². The molecular formula is C21H27N3O4. The first-order valence-corrected chi connectivity index (χ1v) is 9.63. The maximum Gasteiger partial charge on any atom is 0.222 e. The Morgan fingerprint density at radius 1 is 1.18 bits per heavy atom. The molecule has 1 aromatic carbocycles. The molecule has 7 heteroatoms. The van der Waals surface area contributed by atoms with Gasteiger partial charge in [-0.25, -0.2) is 0 Å². The molecule has 1 heterocycles. The van der Waals surface area contributed by atoms with Gasteiger partial charge in [0.05, 0.1) is 11.6 Å². The van der Waals surface area contributed by atoms with Gasteiger partial charge in [0.25, 0.3) is 0 Å². The maximum absolute atomic E-state index is 13.1. The standard InChI is InChI=1S/C21H27N3O4/c1-12-17(21(28)24-20(12)27)19(26)18(14-9-5-6-10-14)23-16(25)11-15(22)13-7-3-2-4-8-13/h2-4,7-8,14-15,18,24,27-28H,5-6,9-11,22H2,1H3,(H,23,25)/t15-,18-/m0/s1. The van der Waals surface area contributed by atoms with E-state index in [1.54, 1.807) is 6.92 Å². The third-order valence-electron chi connectivity index (χ3n) is 5.55. The fraction of sp³-hybridized carbons (Fsp3) is 0.429. The normalized spacial score (nSPS) is 16.6. The quantitative estimate of drug-likeness (QED) is 0.468. The molecule has 1 saturated carbocycles. The molecule has 1 aliphatic rings. The van der Waals surface area contributed by atoms with Crippen LogP contribution in [0.3, 0.4) is 0 Å². The average molecular weight is 385 g/mol. The highest BCUT2D eigenvalue weighted by Crippen LogP contribution is 2.34. The van der Waals surface area contributed by atoms with Crippen molar-refractivity contribution in [1.82, 2.24) is 10.3 Å². The van der Waals surface area contributed by atoms with Crippen LogP contribution in [0, 0.1) is 12.8 Å². The van der Waals surface area contributed by atoms with Crippen molar-refractivity contribution < 1.29 is 19.8 Å². The van der Waals surface area contributed by atoms with Gasteiger partial charge in [0.1, 0.15) is 0 Å². The monoisotopic (exact) mass is 385 g/mol. The lowest BCUT2D eigenvalue weighted by Gasteiger charge is -2.24. The molecule has 2 aromatic rings. The first-order valence-electron chi connectivity index (χ1n) is 9.63. The van der Waals surface area contributed by atoms with Crippen molar-refractivity contribution in [2.75, 3.05) is 0 Å². The largest absolute Gasteiger partial charge is 0.494 e. The van der Waals surface area contributed by atoms with Crippen LogP contribution < -0.4 is 11.1 Å². The number of amides is 1. The highest BCUT2D eigenvalue weighted by Gasteiger charge is 2.35. The van der Waals surface area contributed by atoms with Gasteiger partial charge in [0, 0.05) is 18.0 Å². The minimum absolute atomic E-state index is 0.000225. The lowest BCUT2D eigenvalue weighted by Crippen LogP contribution is -2.46. The summed E-state index contributed by atoms with van der Waals surface area (Å²) in [7, 11) is 0. The summed E-state index contributed by atoms with van der Waals surface area (Å²) in [6.45, 7) is 1.55. The van der Waals surface area contributed by atoms with E-state index in [0.717, 1.165) is 31.2 Å². The zero-order valence-corrected chi connectivity index (χ0v) is 15.9. The predicted molar refractivity (Wildman–Crippen MR) is 105 cm³/mol. The topological polar surface area (TPSA) is 128 Å². The molecule has 1 aliphatic carbocycles. The number of carbonyl (C=O) groups excluding carboxylic acids is 2. The number of benzene rings is 1. The van der Waals surface area contributed by atoms with E-state index in [-0.39, 0.29) is 46.9 Å². The van der Waals surface area contributed by atoms with Gasteiger partial charge >= 0.3 is 0 Å². The summed E-state index contributed by atoms with van der Waals surface area (Å²) in [5, 5.41) is 22.7. The average Bonchev–Trinajstić information content (AvgIpc) is 3.28. The smallest absolute Gasteiger partial charge is 0.222 e. The van der Waals surface area contributed by atoms with Crippen LogP contribution in [0.25, 0.3) is 0 Å². The third-order valence-corrected chi connectivity index (χ3v) is 5.55. The minimum atomic E-state index is -0.752. The molecule has 28 heavy (non-hydrogen) atoms. The fourth-order valence-corrected chi connectivity index (χ4v) is 3.96. The minimum Gasteiger partial charge on any atom is -0.494 e. The molecule has 1 fully saturated rings. The predicted octanol–water partition coefficient (Wildman–Crippen LogP) is 2.68. The number of aromatic hydroxyl groups is 2. The van der Waals surface area contributed by atoms with E-state index in [1.165, 1.54) is 0 Å². The molecule has 0 bridgehead atoms. The number of nitrogens with one attached hydrogen (secondary N) is 2. The second kappa shape index (κ2) is 8.48. The molecule has 1 aromatic heterocycles. The SMILES string of the molecule is Cc1c(O)[nH]c(O)c1C(=O)[C@@H](NC(=O)C[C@H](N)c1ccccc1)C1CCCC1. The summed E-state index contributed by atoms with van der Waals surface area (Å²) in [5.74, 6) is -1.32. The Kier molecular flexibility index (Phi) is 6.04. The Bertz CT molecular complexity index is 841. The van der Waals surface area contributed by atoms with Crippen molar-refractivity contribution >= 4 is 11.7 Å². The lowest BCUT2D eigenvalue weighted by molar-refractivity contribution is -0.122. The molecule has 1 amide bonds. The number of hydrogen-bond acceptors (Lipinski definition) is 5. The van der Waals surface area contributed by atoms with Crippen LogP contribution in [-0.4, -0.2) is 32.9 Å². The molecule has 0 spiro atoms. The Balaban J connectivity index is 1.77. The maximum atomic E-state index is 13.1. The summed E-state index contributed by atoms with van der Waals surface area (Å²) < 4.78 is 0. The Morgan fingerprint density at radius 3 is 2.39 bits per heavy atom. The van der Waals surface area contributed by atoms with E-state index in [2.05, 4.69) is 10.3 Å². The molecule has 2 atom stereocenters. The van der Waals surface area contributed by atoms with Crippen LogP contribution in [-0.2, 0) is 4.79 Å². The number of aromatic nitrogens is 1. The zero-order valence-electron chi connectivity index (χ0n) is 15.9. The molecule has 7 nitrogen and oxygen atoms in total. The molecule has 0 unspecified atom stereocenters. The van der Waals surface area contributed by atoms with Crippen molar-refractivity contribution in [2.45, 2.75) is 51.1 Å². The van der Waals surface area contributed by atoms with Crippen molar-refractivity contribution in [3.05, 3.63) is 47.0 Å². The van der Waals surface area contributed by atoms with E-state index in [1.807, 2.05) is 30.3 Å². The number of H-pyrrole nitrogens is 1. The number of hydrogen-bond donors (Lipinski definition) is 5. The van der Waals surface area contributed by atoms with Gasteiger partial charge in [-0.3, -0.25) is 14.6 Å². The van der Waals surface area contributed by atoms with Gasteiger partial charge in [0.15, 0.2) is 11.7 Å². The van der Waals surface area contributed by atoms with Crippen molar-refractivity contribution in [3.63, 3.8) is 0 Å². The Labute approximate surface area is 164 Å². The first kappa shape index (κ1) is 19.9. The zero-order chi connectivity index (χ0) is 20.3. The summed E-state index contributed by atoms with van der Waals surface area (Å²) in [6, 6.07) is 8.11. The Hall–Kier alpha value is -2.80. The van der Waals surface area contributed by atoms with E-state index < -0.39 is 12.1 Å². The third kappa shape index (κ3) is 4.20. The van der Waals surface area contributed by atoms with Gasteiger partial charge in [-0.05, 0) is 31.2 Å². The molecule has 0 radical (unpaired) electrons. The highest BCUT2D eigenvalue weighted by atomic mass is 16.3. The first-order chi connectivity index (χ1) is 13.4. The van der Waals surface area contributed by atoms with Crippen LogP contribution >= 0.6 is 0 Å².